The van der Waals surface area contributed by atoms with E-state index in [1.165, 1.54) is 45.3 Å². The van der Waals surface area contributed by atoms with Crippen molar-refractivity contribution < 1.29 is 14.9 Å². The van der Waals surface area contributed by atoms with Crippen molar-refractivity contribution in [2.45, 2.75) is 71.1 Å². The lowest BCUT2D eigenvalue weighted by atomic mass is 10.0. The summed E-state index contributed by atoms with van der Waals surface area (Å²) < 4.78 is 5.28. The van der Waals surface area contributed by atoms with Gasteiger partial charge in [-0.25, -0.2) is 0 Å². The van der Waals surface area contributed by atoms with E-state index in [0.717, 1.165) is 25.7 Å². The molecule has 4 heteroatoms. The first-order chi connectivity index (χ1) is 12.2. The van der Waals surface area contributed by atoms with Crippen molar-refractivity contribution in [2.75, 3.05) is 7.11 Å². The predicted molar refractivity (Wildman–Crippen MR) is 106 cm³/mol. The minimum atomic E-state index is 0.0285. The lowest BCUT2D eigenvalue weighted by molar-refractivity contribution is 0.362. The maximum Gasteiger partial charge on any atom is 0.167 e. The van der Waals surface area contributed by atoms with Gasteiger partial charge in [-0.05, 0) is 32.1 Å². The Morgan fingerprint density at radius 1 is 1.08 bits per heavy atom. The van der Waals surface area contributed by atoms with Crippen LogP contribution in [0.2, 0.25) is 0 Å². The molecule has 4 nitrogen and oxygen atoms in total. The topological polar surface area (TPSA) is 62.1 Å². The van der Waals surface area contributed by atoms with Gasteiger partial charge in [-0.1, -0.05) is 45.1 Å². The van der Waals surface area contributed by atoms with Crippen molar-refractivity contribution in [1.82, 2.24) is 0 Å². The first-order valence-electron chi connectivity index (χ1n) is 9.40. The van der Waals surface area contributed by atoms with Crippen LogP contribution in [0.4, 0.5) is 5.69 Å². The van der Waals surface area contributed by atoms with Crippen molar-refractivity contribution in [3.63, 3.8) is 0 Å². The first-order valence-corrected chi connectivity index (χ1v) is 9.40. The molecule has 0 aliphatic carbocycles. The predicted octanol–water partition coefficient (Wildman–Crippen LogP) is 6.07. The molecule has 0 unspecified atom stereocenters. The monoisotopic (exact) mass is 347 g/mol. The molecule has 140 valence electrons. The number of methoxy groups -OCH3 is 1. The molecular formula is C21H33NO3. The number of phenolic OH excluding ortho intramolecular Hbond substituents is 2. The number of hydrogen-bond acceptors (Lipinski definition) is 4. The third-order valence-electron chi connectivity index (χ3n) is 4.26. The molecule has 2 N–H and O–H groups in total. The fourth-order valence-electron chi connectivity index (χ4n) is 2.90. The van der Waals surface area contributed by atoms with Gasteiger partial charge in [0.2, 0.25) is 0 Å². The van der Waals surface area contributed by atoms with Crippen molar-refractivity contribution in [3.05, 3.63) is 24.3 Å². The van der Waals surface area contributed by atoms with Gasteiger partial charge in [0.1, 0.15) is 11.4 Å². The third kappa shape index (κ3) is 7.20. The average Bonchev–Trinajstić information content (AvgIpc) is 2.61. The van der Waals surface area contributed by atoms with Crippen molar-refractivity contribution in [1.29, 1.82) is 0 Å². The number of phenols is 2. The molecule has 0 amide bonds. The molecule has 0 fully saturated rings. The minimum Gasteiger partial charge on any atom is -0.505 e. The maximum absolute atomic E-state index is 10.5. The second kappa shape index (κ2) is 12.4. The summed E-state index contributed by atoms with van der Waals surface area (Å²) in [5, 5.41) is 20.6. The molecule has 0 aromatic heterocycles. The Kier molecular flexibility index (Phi) is 10.5. The van der Waals surface area contributed by atoms with E-state index >= 15 is 0 Å². The van der Waals surface area contributed by atoms with Gasteiger partial charge in [-0.3, -0.25) is 4.99 Å². The molecule has 0 bridgehead atoms. The van der Waals surface area contributed by atoms with E-state index in [2.05, 4.69) is 11.6 Å². The van der Waals surface area contributed by atoms with Gasteiger partial charge >= 0.3 is 0 Å². The van der Waals surface area contributed by atoms with Gasteiger partial charge in [0.15, 0.2) is 11.5 Å². The summed E-state index contributed by atoms with van der Waals surface area (Å²) in [4.78, 5) is 4.22. The molecule has 1 aromatic rings. The number of benzene rings is 1. The number of unbranched alkanes of at least 4 members (excludes halogenated alkanes) is 7. The van der Waals surface area contributed by atoms with Crippen LogP contribution in [0.15, 0.2) is 23.7 Å². The second-order valence-corrected chi connectivity index (χ2v) is 6.30. The summed E-state index contributed by atoms with van der Waals surface area (Å²) in [5.74, 6) is 0.502. The highest BCUT2D eigenvalue weighted by Crippen LogP contribution is 2.44. The van der Waals surface area contributed by atoms with Crippen LogP contribution in [0.5, 0.6) is 17.2 Å². The fourth-order valence-corrected chi connectivity index (χ4v) is 2.90. The number of allylic oxidation sites excluding steroid dienone is 1. The van der Waals surface area contributed by atoms with Crippen LogP contribution in [0.25, 0.3) is 0 Å². The molecule has 0 heterocycles. The standard InChI is InChI=1S/C21H33NO3/c1-4-6-7-8-9-10-11-12-13-14-17-20(24)18(22-15-5-2)16-19(23)21(17)25-3/h4,15-16,23-24H,1,5-14H2,2-3H3. The quantitative estimate of drug-likeness (QED) is 0.197. The highest BCUT2D eigenvalue weighted by Gasteiger charge is 2.17. The molecule has 0 aliphatic rings. The molecule has 0 spiro atoms. The lowest BCUT2D eigenvalue weighted by Gasteiger charge is -2.14. The number of nitrogens with zero attached hydrogens (tertiary/aromatic N) is 1. The van der Waals surface area contributed by atoms with Crippen LogP contribution < -0.4 is 4.74 Å². The number of aromatic hydroxyl groups is 2. The molecule has 1 aromatic carbocycles. The van der Waals surface area contributed by atoms with E-state index in [1.54, 1.807) is 6.21 Å². The maximum atomic E-state index is 10.5. The normalized spacial score (nSPS) is 11.1. The Bertz CT molecular complexity index is 553. The summed E-state index contributed by atoms with van der Waals surface area (Å²) in [6, 6.07) is 1.45. The number of aliphatic imine (C=N–C) groups is 1. The van der Waals surface area contributed by atoms with Crippen molar-refractivity contribution in [2.24, 2.45) is 4.99 Å². The van der Waals surface area contributed by atoms with Crippen LogP contribution >= 0.6 is 0 Å². The molecular weight excluding hydrogens is 314 g/mol. The van der Waals surface area contributed by atoms with Crippen LogP contribution in [0.1, 0.15) is 70.3 Å². The molecule has 0 saturated heterocycles. The van der Waals surface area contributed by atoms with E-state index in [0.29, 0.717) is 23.4 Å². The number of rotatable bonds is 13. The first kappa shape index (κ1) is 21.1. The summed E-state index contributed by atoms with van der Waals surface area (Å²) in [7, 11) is 1.51. The summed E-state index contributed by atoms with van der Waals surface area (Å²) >= 11 is 0. The zero-order valence-electron chi connectivity index (χ0n) is 15.8. The smallest absolute Gasteiger partial charge is 0.167 e. The Balaban J connectivity index is 2.55. The SMILES string of the molecule is C=CCCCCCCCCCc1c(O)c(N=CCC)cc(O)c1OC. The zero-order chi connectivity index (χ0) is 18.5. The molecule has 0 aliphatic heterocycles. The van der Waals surface area contributed by atoms with Crippen molar-refractivity contribution in [3.8, 4) is 17.2 Å². The largest absolute Gasteiger partial charge is 0.505 e. The van der Waals surface area contributed by atoms with Crippen LogP contribution in [0.3, 0.4) is 0 Å². The van der Waals surface area contributed by atoms with Crippen molar-refractivity contribution >= 4 is 11.9 Å². The van der Waals surface area contributed by atoms with Gasteiger partial charge in [-0.2, -0.15) is 0 Å². The van der Waals surface area contributed by atoms with Crippen LogP contribution in [0, 0.1) is 0 Å². The van der Waals surface area contributed by atoms with E-state index in [1.807, 2.05) is 13.0 Å². The molecule has 0 radical (unpaired) electrons. The van der Waals surface area contributed by atoms with E-state index in [-0.39, 0.29) is 11.5 Å². The van der Waals surface area contributed by atoms with Gasteiger partial charge in [0.25, 0.3) is 0 Å². The minimum absolute atomic E-state index is 0.0285. The van der Waals surface area contributed by atoms with E-state index < -0.39 is 0 Å². The Morgan fingerprint density at radius 3 is 2.32 bits per heavy atom. The summed E-state index contributed by atoms with van der Waals surface area (Å²) in [6.07, 6.45) is 14.5. The van der Waals surface area contributed by atoms with E-state index in [4.69, 9.17) is 4.74 Å². The molecule has 25 heavy (non-hydrogen) atoms. The highest BCUT2D eigenvalue weighted by molar-refractivity contribution is 5.71. The van der Waals surface area contributed by atoms with E-state index in [9.17, 15) is 10.2 Å². The highest BCUT2D eigenvalue weighted by atomic mass is 16.5. The molecule has 0 atom stereocenters. The summed E-state index contributed by atoms with van der Waals surface area (Å²) in [6.45, 7) is 5.72. The second-order valence-electron chi connectivity index (χ2n) is 6.30. The van der Waals surface area contributed by atoms with Gasteiger partial charge in [0, 0.05) is 17.8 Å². The Hall–Kier alpha value is -1.97. The number of hydrogen-bond donors (Lipinski definition) is 2. The number of ether oxygens (including phenoxy) is 1. The third-order valence-corrected chi connectivity index (χ3v) is 4.26. The fraction of sp³-hybridized carbons (Fsp3) is 0.571. The molecule has 1 rings (SSSR count). The van der Waals surface area contributed by atoms with Gasteiger partial charge < -0.3 is 14.9 Å². The summed E-state index contributed by atoms with van der Waals surface area (Å²) in [5.41, 5.74) is 1.05. The molecule has 0 saturated carbocycles. The average molecular weight is 347 g/mol. The van der Waals surface area contributed by atoms with Crippen LogP contribution in [-0.4, -0.2) is 23.5 Å². The van der Waals surface area contributed by atoms with Gasteiger partial charge in [-0.15, -0.1) is 6.58 Å². The zero-order valence-corrected chi connectivity index (χ0v) is 15.8. The Morgan fingerprint density at radius 2 is 1.72 bits per heavy atom. The van der Waals surface area contributed by atoms with Gasteiger partial charge in [0.05, 0.1) is 7.11 Å². The lowest BCUT2D eigenvalue weighted by Crippen LogP contribution is -1.95. The van der Waals surface area contributed by atoms with Crippen LogP contribution in [-0.2, 0) is 6.42 Å². The Labute approximate surface area is 152 Å².